The normalized spacial score (nSPS) is 10.9. The summed E-state index contributed by atoms with van der Waals surface area (Å²) in [5, 5.41) is 0.969. The number of aromatic nitrogens is 3. The van der Waals surface area contributed by atoms with Gasteiger partial charge in [0.15, 0.2) is 0 Å². The SMILES string of the molecule is C=CCn1cc(C(=C)C)c2cc(-c3cnc(C)nc3)c(F)cc21. The second-order valence-electron chi connectivity index (χ2n) is 5.63. The largest absolute Gasteiger partial charge is 0.343 e. The van der Waals surface area contributed by atoms with Gasteiger partial charge in [-0.1, -0.05) is 12.7 Å². The summed E-state index contributed by atoms with van der Waals surface area (Å²) in [6.45, 7) is 12.2. The number of nitrogens with zero attached hydrogens (tertiary/aromatic N) is 3. The fourth-order valence-corrected chi connectivity index (χ4v) is 2.69. The third kappa shape index (κ3) is 2.68. The van der Waals surface area contributed by atoms with Crippen molar-refractivity contribution in [3.63, 3.8) is 0 Å². The minimum absolute atomic E-state index is 0.290. The van der Waals surface area contributed by atoms with Crippen LogP contribution in [-0.2, 0) is 6.54 Å². The summed E-state index contributed by atoms with van der Waals surface area (Å²) < 4.78 is 16.6. The van der Waals surface area contributed by atoms with Crippen LogP contribution < -0.4 is 0 Å². The minimum atomic E-state index is -0.290. The second-order valence-corrected chi connectivity index (χ2v) is 5.63. The predicted molar refractivity (Wildman–Crippen MR) is 92.6 cm³/mol. The van der Waals surface area contributed by atoms with E-state index in [9.17, 15) is 4.39 Å². The van der Waals surface area contributed by atoms with Crippen molar-refractivity contribution in [1.29, 1.82) is 0 Å². The molecule has 23 heavy (non-hydrogen) atoms. The zero-order chi connectivity index (χ0) is 16.6. The molecule has 3 nitrogen and oxygen atoms in total. The molecule has 0 spiro atoms. The Balaban J connectivity index is 2.27. The van der Waals surface area contributed by atoms with Gasteiger partial charge in [0.25, 0.3) is 0 Å². The van der Waals surface area contributed by atoms with Gasteiger partial charge in [-0.25, -0.2) is 14.4 Å². The molecule has 0 saturated carbocycles. The lowest BCUT2D eigenvalue weighted by Gasteiger charge is -2.06. The first-order chi connectivity index (χ1) is 11.0. The van der Waals surface area contributed by atoms with Crippen LogP contribution >= 0.6 is 0 Å². The summed E-state index contributed by atoms with van der Waals surface area (Å²) in [5.74, 6) is 0.372. The van der Waals surface area contributed by atoms with Gasteiger partial charge in [0, 0.05) is 47.2 Å². The summed E-state index contributed by atoms with van der Waals surface area (Å²) in [4.78, 5) is 8.31. The standard InChI is InChI=1S/C19H18FN3/c1-5-6-23-11-17(12(2)3)16-7-15(18(20)8-19(16)23)14-9-21-13(4)22-10-14/h5,7-11H,1-2,6H2,3-4H3. The Bertz CT molecular complexity index is 905. The van der Waals surface area contributed by atoms with Gasteiger partial charge in [0.1, 0.15) is 11.6 Å². The number of benzene rings is 1. The van der Waals surface area contributed by atoms with Crippen LogP contribution in [-0.4, -0.2) is 14.5 Å². The fraction of sp³-hybridized carbons (Fsp3) is 0.158. The average molecular weight is 307 g/mol. The van der Waals surface area contributed by atoms with Crippen LogP contribution in [0.4, 0.5) is 4.39 Å². The van der Waals surface area contributed by atoms with E-state index in [1.807, 2.05) is 23.8 Å². The molecule has 4 heteroatoms. The number of rotatable bonds is 4. The molecule has 0 amide bonds. The molecule has 2 heterocycles. The Morgan fingerprint density at radius 1 is 1.30 bits per heavy atom. The Labute approximate surface area is 134 Å². The van der Waals surface area contributed by atoms with Crippen molar-refractivity contribution in [2.45, 2.75) is 20.4 Å². The lowest BCUT2D eigenvalue weighted by molar-refractivity contribution is 0.631. The molecular formula is C19H18FN3. The quantitative estimate of drug-likeness (QED) is 0.650. The monoisotopic (exact) mass is 307 g/mol. The summed E-state index contributed by atoms with van der Waals surface area (Å²) >= 11 is 0. The van der Waals surface area contributed by atoms with E-state index in [4.69, 9.17) is 0 Å². The Morgan fingerprint density at radius 2 is 2.00 bits per heavy atom. The maximum atomic E-state index is 14.6. The van der Waals surface area contributed by atoms with Crippen molar-refractivity contribution in [2.24, 2.45) is 0 Å². The summed E-state index contributed by atoms with van der Waals surface area (Å²) in [5.41, 5.74) is 3.94. The molecule has 0 fully saturated rings. The number of aryl methyl sites for hydroxylation is 1. The van der Waals surface area contributed by atoms with E-state index >= 15 is 0 Å². The topological polar surface area (TPSA) is 30.7 Å². The van der Waals surface area contributed by atoms with Crippen LogP contribution in [0.3, 0.4) is 0 Å². The van der Waals surface area contributed by atoms with E-state index < -0.39 is 0 Å². The van der Waals surface area contributed by atoms with Gasteiger partial charge < -0.3 is 4.57 Å². The molecule has 0 aliphatic rings. The Morgan fingerprint density at radius 3 is 2.61 bits per heavy atom. The second kappa shape index (κ2) is 5.80. The van der Waals surface area contributed by atoms with E-state index in [2.05, 4.69) is 23.1 Å². The first-order valence-electron chi connectivity index (χ1n) is 7.39. The van der Waals surface area contributed by atoms with Crippen LogP contribution in [0, 0.1) is 12.7 Å². The van der Waals surface area contributed by atoms with Crippen molar-refractivity contribution in [3.8, 4) is 11.1 Å². The van der Waals surface area contributed by atoms with E-state index in [0.717, 1.165) is 22.0 Å². The van der Waals surface area contributed by atoms with Gasteiger partial charge in [-0.3, -0.25) is 0 Å². The predicted octanol–water partition coefficient (Wildman–Crippen LogP) is 4.76. The highest BCUT2D eigenvalue weighted by Gasteiger charge is 2.14. The highest BCUT2D eigenvalue weighted by atomic mass is 19.1. The van der Waals surface area contributed by atoms with E-state index in [-0.39, 0.29) is 5.82 Å². The fourth-order valence-electron chi connectivity index (χ4n) is 2.69. The highest BCUT2D eigenvalue weighted by Crippen LogP contribution is 2.32. The van der Waals surface area contributed by atoms with Crippen LogP contribution in [0.15, 0.2) is 50.0 Å². The smallest absolute Gasteiger partial charge is 0.133 e. The van der Waals surface area contributed by atoms with Crippen molar-refractivity contribution < 1.29 is 4.39 Å². The molecule has 0 bridgehead atoms. The number of halogens is 1. The Kier molecular flexibility index (Phi) is 3.82. The number of allylic oxidation sites excluding steroid dienone is 2. The van der Waals surface area contributed by atoms with Gasteiger partial charge in [-0.15, -0.1) is 6.58 Å². The molecule has 0 radical (unpaired) electrons. The van der Waals surface area contributed by atoms with E-state index in [0.29, 0.717) is 23.5 Å². The molecule has 0 saturated heterocycles. The van der Waals surface area contributed by atoms with Gasteiger partial charge in [-0.2, -0.15) is 0 Å². The minimum Gasteiger partial charge on any atom is -0.343 e. The number of fused-ring (bicyclic) bond motifs is 1. The summed E-state index contributed by atoms with van der Waals surface area (Å²) in [6, 6.07) is 3.41. The lowest BCUT2D eigenvalue weighted by Crippen LogP contribution is -1.94. The summed E-state index contributed by atoms with van der Waals surface area (Å²) in [6.07, 6.45) is 7.08. The highest BCUT2D eigenvalue weighted by molar-refractivity contribution is 5.95. The van der Waals surface area contributed by atoms with E-state index in [1.165, 1.54) is 0 Å². The van der Waals surface area contributed by atoms with Crippen LogP contribution in [0.25, 0.3) is 27.6 Å². The molecule has 1 aromatic carbocycles. The molecule has 116 valence electrons. The lowest BCUT2D eigenvalue weighted by atomic mass is 10.0. The molecule has 0 aliphatic carbocycles. The molecule has 3 aromatic rings. The van der Waals surface area contributed by atoms with Crippen LogP contribution in [0.5, 0.6) is 0 Å². The first-order valence-corrected chi connectivity index (χ1v) is 7.39. The molecule has 0 aliphatic heterocycles. The van der Waals surface area contributed by atoms with Crippen molar-refractivity contribution in [3.05, 3.63) is 67.2 Å². The maximum Gasteiger partial charge on any atom is 0.133 e. The zero-order valence-corrected chi connectivity index (χ0v) is 13.3. The zero-order valence-electron chi connectivity index (χ0n) is 13.3. The molecule has 3 rings (SSSR count). The van der Waals surface area contributed by atoms with Crippen LogP contribution in [0.2, 0.25) is 0 Å². The number of hydrogen-bond acceptors (Lipinski definition) is 2. The van der Waals surface area contributed by atoms with Gasteiger partial charge in [0.2, 0.25) is 0 Å². The third-order valence-corrected chi connectivity index (χ3v) is 3.85. The molecule has 0 N–H and O–H groups in total. The van der Waals surface area contributed by atoms with Gasteiger partial charge in [-0.05, 0) is 31.6 Å². The van der Waals surface area contributed by atoms with Crippen molar-refractivity contribution in [1.82, 2.24) is 14.5 Å². The van der Waals surface area contributed by atoms with E-state index in [1.54, 1.807) is 31.5 Å². The molecule has 0 unspecified atom stereocenters. The number of hydrogen-bond donors (Lipinski definition) is 0. The van der Waals surface area contributed by atoms with Crippen LogP contribution in [0.1, 0.15) is 18.3 Å². The molecular weight excluding hydrogens is 289 g/mol. The molecule has 0 atom stereocenters. The van der Waals surface area contributed by atoms with Gasteiger partial charge in [0.05, 0.1) is 5.52 Å². The maximum absolute atomic E-state index is 14.6. The van der Waals surface area contributed by atoms with Crippen molar-refractivity contribution in [2.75, 3.05) is 0 Å². The van der Waals surface area contributed by atoms with Crippen molar-refractivity contribution >= 4 is 16.5 Å². The average Bonchev–Trinajstić information content (AvgIpc) is 2.86. The molecule has 2 aromatic heterocycles. The van der Waals surface area contributed by atoms with Gasteiger partial charge >= 0.3 is 0 Å². The first kappa shape index (κ1) is 15.2. The summed E-state index contributed by atoms with van der Waals surface area (Å²) in [7, 11) is 0. The Hall–Kier alpha value is -2.75. The third-order valence-electron chi connectivity index (χ3n) is 3.85.